The van der Waals surface area contributed by atoms with Crippen molar-refractivity contribution in [1.82, 2.24) is 0 Å². The van der Waals surface area contributed by atoms with Crippen LogP contribution in [0.15, 0.2) is 30.3 Å². The normalized spacial score (nSPS) is 16.3. The van der Waals surface area contributed by atoms with E-state index in [9.17, 15) is 0 Å². The van der Waals surface area contributed by atoms with Crippen molar-refractivity contribution < 1.29 is 5.11 Å². The molecule has 1 aromatic carbocycles. The quantitative estimate of drug-likeness (QED) is 0.526. The van der Waals surface area contributed by atoms with E-state index in [2.05, 4.69) is 6.92 Å². The molecule has 108 valence electrons. The van der Waals surface area contributed by atoms with Crippen LogP contribution in [-0.4, -0.2) is 5.11 Å². The Labute approximate surface area is 119 Å². The van der Waals surface area contributed by atoms with E-state index in [4.69, 9.17) is 5.11 Å². The van der Waals surface area contributed by atoms with Gasteiger partial charge in [0.15, 0.2) is 0 Å². The van der Waals surface area contributed by atoms with Crippen molar-refractivity contribution >= 4 is 0 Å². The van der Waals surface area contributed by atoms with E-state index in [0.29, 0.717) is 5.75 Å². The zero-order valence-electron chi connectivity index (χ0n) is 12.5. The first kappa shape index (κ1) is 16.1. The van der Waals surface area contributed by atoms with Crippen LogP contribution in [0, 0.1) is 5.92 Å². The fourth-order valence-corrected chi connectivity index (χ4v) is 2.76. The van der Waals surface area contributed by atoms with Gasteiger partial charge in [-0.2, -0.15) is 0 Å². The minimum absolute atomic E-state index is 0.322. The molecular formula is C18H30O. The van der Waals surface area contributed by atoms with E-state index in [-0.39, 0.29) is 0 Å². The average Bonchev–Trinajstić information content (AvgIpc) is 2.69. The zero-order valence-corrected chi connectivity index (χ0v) is 12.5. The second-order valence-electron chi connectivity index (χ2n) is 5.69. The average molecular weight is 262 g/mol. The Morgan fingerprint density at radius 3 is 2.05 bits per heavy atom. The Kier molecular flexibility index (Phi) is 9.22. The summed E-state index contributed by atoms with van der Waals surface area (Å²) in [7, 11) is 0. The first-order chi connectivity index (χ1) is 9.33. The van der Waals surface area contributed by atoms with Crippen molar-refractivity contribution in [3.63, 3.8) is 0 Å². The summed E-state index contributed by atoms with van der Waals surface area (Å²) in [6.07, 6.45) is 14.9. The highest BCUT2D eigenvalue weighted by atomic mass is 16.3. The second kappa shape index (κ2) is 10.9. The predicted molar refractivity (Wildman–Crippen MR) is 83.4 cm³/mol. The topological polar surface area (TPSA) is 20.2 Å². The van der Waals surface area contributed by atoms with Gasteiger partial charge >= 0.3 is 0 Å². The molecule has 1 heteroatoms. The first-order valence-electron chi connectivity index (χ1n) is 8.07. The minimum Gasteiger partial charge on any atom is -0.508 e. The Hall–Kier alpha value is -0.980. The van der Waals surface area contributed by atoms with Crippen molar-refractivity contribution in [1.29, 1.82) is 0 Å². The van der Waals surface area contributed by atoms with Crippen LogP contribution >= 0.6 is 0 Å². The molecule has 0 heterocycles. The summed E-state index contributed by atoms with van der Waals surface area (Å²) in [5.74, 6) is 1.42. The third kappa shape index (κ3) is 8.69. The molecule has 0 aliphatic heterocycles. The summed E-state index contributed by atoms with van der Waals surface area (Å²) in [5, 5.41) is 8.63. The fraction of sp³-hybridized carbons (Fsp3) is 0.667. The summed E-state index contributed by atoms with van der Waals surface area (Å²) in [5.41, 5.74) is 0. The van der Waals surface area contributed by atoms with Gasteiger partial charge in [0.2, 0.25) is 0 Å². The Bertz CT molecular complexity index is 286. The standard InChI is InChI=1S/C12H24.C6H6O/c1-2-3-6-9-12-10-7-4-5-8-11-12;7-6-4-2-1-3-5-6/h12H,2-11H2,1H3;1-5,7H. The van der Waals surface area contributed by atoms with Gasteiger partial charge < -0.3 is 5.11 Å². The van der Waals surface area contributed by atoms with Crippen molar-refractivity contribution in [3.8, 4) is 5.75 Å². The lowest BCUT2D eigenvalue weighted by atomic mass is 9.94. The molecule has 19 heavy (non-hydrogen) atoms. The van der Waals surface area contributed by atoms with Crippen LogP contribution in [0.25, 0.3) is 0 Å². The number of hydrogen-bond donors (Lipinski definition) is 1. The lowest BCUT2D eigenvalue weighted by molar-refractivity contribution is 0.409. The van der Waals surface area contributed by atoms with Gasteiger partial charge in [0.1, 0.15) is 5.75 Å². The maximum Gasteiger partial charge on any atom is 0.115 e. The van der Waals surface area contributed by atoms with Gasteiger partial charge in [-0.15, -0.1) is 0 Å². The van der Waals surface area contributed by atoms with Gasteiger partial charge in [-0.1, -0.05) is 89.3 Å². The zero-order chi connectivity index (χ0) is 13.8. The summed E-state index contributed by atoms with van der Waals surface area (Å²) in [4.78, 5) is 0. The van der Waals surface area contributed by atoms with Crippen molar-refractivity contribution in [2.24, 2.45) is 5.92 Å². The van der Waals surface area contributed by atoms with Crippen LogP contribution in [0.3, 0.4) is 0 Å². The molecular weight excluding hydrogens is 232 g/mol. The molecule has 1 N–H and O–H groups in total. The minimum atomic E-state index is 0.322. The molecule has 0 spiro atoms. The number of benzene rings is 1. The molecule has 1 saturated carbocycles. The van der Waals surface area contributed by atoms with Crippen molar-refractivity contribution in [2.45, 2.75) is 71.1 Å². The molecule has 1 aromatic rings. The molecule has 1 fully saturated rings. The molecule has 0 aromatic heterocycles. The number of aromatic hydroxyl groups is 1. The summed E-state index contributed by atoms with van der Waals surface area (Å²) in [6, 6.07) is 8.71. The van der Waals surface area contributed by atoms with E-state index in [1.807, 2.05) is 6.07 Å². The number of rotatable bonds is 4. The van der Waals surface area contributed by atoms with Gasteiger partial charge in [-0.3, -0.25) is 0 Å². The van der Waals surface area contributed by atoms with Gasteiger partial charge in [-0.25, -0.2) is 0 Å². The SMILES string of the molecule is CCCCCC1CCCCCC1.Oc1ccccc1. The largest absolute Gasteiger partial charge is 0.508 e. The maximum absolute atomic E-state index is 8.63. The third-order valence-corrected chi connectivity index (χ3v) is 3.95. The smallest absolute Gasteiger partial charge is 0.115 e. The highest BCUT2D eigenvalue weighted by molar-refractivity contribution is 5.18. The molecule has 0 radical (unpaired) electrons. The molecule has 0 bridgehead atoms. The number of phenols is 1. The van der Waals surface area contributed by atoms with E-state index < -0.39 is 0 Å². The molecule has 1 aliphatic carbocycles. The van der Waals surface area contributed by atoms with Crippen LogP contribution in [0.4, 0.5) is 0 Å². The number of unbranched alkanes of at least 4 members (excludes halogenated alkanes) is 2. The summed E-state index contributed by atoms with van der Waals surface area (Å²) >= 11 is 0. The van der Waals surface area contributed by atoms with Crippen LogP contribution < -0.4 is 0 Å². The van der Waals surface area contributed by atoms with E-state index in [1.54, 1.807) is 24.3 Å². The number of phenolic OH excluding ortho intramolecular Hbond substituents is 1. The molecule has 0 atom stereocenters. The lowest BCUT2D eigenvalue weighted by Gasteiger charge is -2.12. The monoisotopic (exact) mass is 262 g/mol. The summed E-state index contributed by atoms with van der Waals surface area (Å²) < 4.78 is 0. The molecule has 1 aliphatic rings. The van der Waals surface area contributed by atoms with E-state index in [1.165, 1.54) is 64.2 Å². The van der Waals surface area contributed by atoms with Crippen LogP contribution in [0.2, 0.25) is 0 Å². The summed E-state index contributed by atoms with van der Waals surface area (Å²) in [6.45, 7) is 2.30. The van der Waals surface area contributed by atoms with Gasteiger partial charge in [0, 0.05) is 0 Å². The number of para-hydroxylation sites is 1. The third-order valence-electron chi connectivity index (χ3n) is 3.95. The molecule has 2 rings (SSSR count). The number of hydrogen-bond acceptors (Lipinski definition) is 1. The van der Waals surface area contributed by atoms with Crippen molar-refractivity contribution in [2.75, 3.05) is 0 Å². The van der Waals surface area contributed by atoms with Crippen LogP contribution in [0.5, 0.6) is 5.75 Å². The van der Waals surface area contributed by atoms with Gasteiger partial charge in [0.05, 0.1) is 0 Å². The Balaban J connectivity index is 0.000000218. The Morgan fingerprint density at radius 2 is 1.58 bits per heavy atom. The Morgan fingerprint density at radius 1 is 0.947 bits per heavy atom. The molecule has 0 unspecified atom stereocenters. The van der Waals surface area contributed by atoms with Crippen molar-refractivity contribution in [3.05, 3.63) is 30.3 Å². The first-order valence-corrected chi connectivity index (χ1v) is 8.07. The lowest BCUT2D eigenvalue weighted by Crippen LogP contribution is -1.97. The molecule has 1 nitrogen and oxygen atoms in total. The molecule has 0 amide bonds. The highest BCUT2D eigenvalue weighted by Gasteiger charge is 2.10. The van der Waals surface area contributed by atoms with Gasteiger partial charge in [0.25, 0.3) is 0 Å². The fourth-order valence-electron chi connectivity index (χ4n) is 2.76. The molecule has 0 saturated heterocycles. The maximum atomic E-state index is 8.63. The van der Waals surface area contributed by atoms with Gasteiger partial charge in [-0.05, 0) is 18.1 Å². The van der Waals surface area contributed by atoms with E-state index >= 15 is 0 Å². The second-order valence-corrected chi connectivity index (χ2v) is 5.69. The van der Waals surface area contributed by atoms with Crippen LogP contribution in [-0.2, 0) is 0 Å². The highest BCUT2D eigenvalue weighted by Crippen LogP contribution is 2.26. The predicted octanol–water partition coefficient (Wildman–Crippen LogP) is 5.93. The van der Waals surface area contributed by atoms with E-state index in [0.717, 1.165) is 5.92 Å². The van der Waals surface area contributed by atoms with Crippen LogP contribution in [0.1, 0.15) is 71.1 Å².